The van der Waals surface area contributed by atoms with Crippen LogP contribution in [-0.4, -0.2) is 96.7 Å². The third kappa shape index (κ3) is 58.8. The topological polar surface area (TPSA) is 237 Å². The molecule has 3 N–H and O–H groups in total. The predicted molar refractivity (Wildman–Crippen MR) is 331 cm³/mol. The number of aliphatic hydroxyl groups excluding tert-OH is 1. The maximum absolute atomic E-state index is 13.0. The molecular formula is C64H124O17P2. The van der Waals surface area contributed by atoms with Crippen LogP contribution in [0.3, 0.4) is 0 Å². The van der Waals surface area contributed by atoms with Gasteiger partial charge in [0.2, 0.25) is 0 Å². The zero-order valence-electron chi connectivity index (χ0n) is 53.3. The Hall–Kier alpha value is -1.94. The van der Waals surface area contributed by atoms with Gasteiger partial charge in [-0.2, -0.15) is 0 Å². The second-order valence-corrected chi connectivity index (χ2v) is 26.5. The van der Waals surface area contributed by atoms with Crippen LogP contribution in [0.15, 0.2) is 0 Å². The van der Waals surface area contributed by atoms with Gasteiger partial charge in [-0.05, 0) is 31.6 Å². The first-order valence-corrected chi connectivity index (χ1v) is 36.6. The second-order valence-electron chi connectivity index (χ2n) is 23.6. The fourth-order valence-electron chi connectivity index (χ4n) is 9.58. The molecule has 0 rings (SSSR count). The molecule has 0 aliphatic rings. The van der Waals surface area contributed by atoms with Gasteiger partial charge in [-0.3, -0.25) is 37.3 Å². The number of phosphoric ester groups is 2. The Bertz CT molecular complexity index is 1620. The van der Waals surface area contributed by atoms with Crippen LogP contribution in [0.25, 0.3) is 0 Å². The standard InChI is InChI=1S/C64H124O17P2/c1-6-9-12-15-17-19-21-22-23-24-25-26-27-29-31-33-39-44-49-63(68)80-60(54-75-62(67)48-43-38-32-30-28-20-18-16-13-10-7-2)56-79-83(72,73)77-52-58(65)51-76-82(70,71)78-55-59(53-74-61(66)47-42-36-14-11-8-3)81-64(69)50-45-40-35-34-37-41-46-57(4)5/h57-60,65H,6-56H2,1-5H3,(H,70,71)(H,72,73)/t58-,59+,60+/m0/s1. The molecule has 0 amide bonds. The zero-order valence-corrected chi connectivity index (χ0v) is 55.1. The van der Waals surface area contributed by atoms with Crippen LogP contribution in [0.2, 0.25) is 0 Å². The van der Waals surface area contributed by atoms with E-state index in [4.69, 9.17) is 37.0 Å². The van der Waals surface area contributed by atoms with Crippen LogP contribution in [0.1, 0.15) is 324 Å². The maximum Gasteiger partial charge on any atom is 0.472 e. The van der Waals surface area contributed by atoms with Crippen molar-refractivity contribution in [2.45, 2.75) is 342 Å². The number of carbonyl (C=O) groups excluding carboxylic acids is 4. The van der Waals surface area contributed by atoms with Gasteiger partial charge in [0.1, 0.15) is 19.3 Å². The fraction of sp³-hybridized carbons (Fsp3) is 0.938. The third-order valence-electron chi connectivity index (χ3n) is 14.8. The molecule has 0 heterocycles. The Kier molecular flexibility index (Phi) is 56.4. The number of ether oxygens (including phenoxy) is 4. The average Bonchev–Trinajstić information content (AvgIpc) is 3.45. The lowest BCUT2D eigenvalue weighted by atomic mass is 10.0. The number of esters is 4. The van der Waals surface area contributed by atoms with Gasteiger partial charge in [0.05, 0.1) is 26.4 Å². The van der Waals surface area contributed by atoms with E-state index in [-0.39, 0.29) is 25.7 Å². The monoisotopic (exact) mass is 1230 g/mol. The SMILES string of the molecule is CCCCCCCCCCCCCCCCCCCCC(=O)O[C@H](COC(=O)CCCCCCCCCCCCC)COP(=O)(O)OC[C@@H](O)COP(=O)(O)OC[C@@H](COC(=O)CCCCCCC)OC(=O)CCCCCCCCC(C)C. The molecule has 0 radical (unpaired) electrons. The number of hydrogen-bond acceptors (Lipinski definition) is 15. The summed E-state index contributed by atoms with van der Waals surface area (Å²) >= 11 is 0. The Morgan fingerprint density at radius 3 is 0.819 bits per heavy atom. The average molecular weight is 1230 g/mol. The van der Waals surface area contributed by atoms with Gasteiger partial charge in [-0.15, -0.1) is 0 Å². The van der Waals surface area contributed by atoms with Crippen molar-refractivity contribution in [2.24, 2.45) is 5.92 Å². The molecule has 17 nitrogen and oxygen atoms in total. The lowest BCUT2D eigenvalue weighted by molar-refractivity contribution is -0.161. The van der Waals surface area contributed by atoms with Gasteiger partial charge >= 0.3 is 39.5 Å². The van der Waals surface area contributed by atoms with E-state index in [1.54, 1.807) is 0 Å². The highest BCUT2D eigenvalue weighted by Crippen LogP contribution is 2.45. The molecule has 0 bridgehead atoms. The molecule has 0 spiro atoms. The number of aliphatic hydroxyl groups is 1. The van der Waals surface area contributed by atoms with Crippen LogP contribution in [0, 0.1) is 5.92 Å². The van der Waals surface area contributed by atoms with Crippen molar-refractivity contribution < 1.29 is 80.2 Å². The summed E-state index contributed by atoms with van der Waals surface area (Å²) in [7, 11) is -9.88. The minimum atomic E-state index is -4.94. The minimum Gasteiger partial charge on any atom is -0.462 e. The molecule has 0 fully saturated rings. The Morgan fingerprint density at radius 1 is 0.325 bits per heavy atom. The Morgan fingerprint density at radius 2 is 0.554 bits per heavy atom. The van der Waals surface area contributed by atoms with Crippen LogP contribution >= 0.6 is 15.6 Å². The summed E-state index contributed by atoms with van der Waals surface area (Å²) in [6, 6.07) is 0. The summed E-state index contributed by atoms with van der Waals surface area (Å²) in [6.07, 6.45) is 42.3. The van der Waals surface area contributed by atoms with Crippen LogP contribution in [0.5, 0.6) is 0 Å². The summed E-state index contributed by atoms with van der Waals surface area (Å²) in [5, 5.41) is 10.5. The molecule has 492 valence electrons. The van der Waals surface area contributed by atoms with E-state index >= 15 is 0 Å². The molecule has 83 heavy (non-hydrogen) atoms. The van der Waals surface area contributed by atoms with Crippen LogP contribution < -0.4 is 0 Å². The Labute approximate surface area is 505 Å². The first-order chi connectivity index (χ1) is 40.0. The fourth-order valence-corrected chi connectivity index (χ4v) is 11.2. The summed E-state index contributed by atoms with van der Waals surface area (Å²) < 4.78 is 67.8. The number of rotatable bonds is 64. The number of phosphoric acid groups is 2. The highest BCUT2D eigenvalue weighted by atomic mass is 31.2. The molecule has 0 saturated carbocycles. The molecule has 0 aliphatic carbocycles. The normalized spacial score (nSPS) is 14.2. The highest BCUT2D eigenvalue weighted by molar-refractivity contribution is 7.47. The van der Waals surface area contributed by atoms with E-state index in [2.05, 4.69) is 34.6 Å². The van der Waals surface area contributed by atoms with Crippen molar-refractivity contribution in [1.82, 2.24) is 0 Å². The summed E-state index contributed by atoms with van der Waals surface area (Å²) in [6.45, 7) is 7.01. The molecule has 5 atom stereocenters. The van der Waals surface area contributed by atoms with Crippen molar-refractivity contribution in [2.75, 3.05) is 39.6 Å². The summed E-state index contributed by atoms with van der Waals surface area (Å²) in [5.41, 5.74) is 0. The molecule has 0 aliphatic heterocycles. The smallest absolute Gasteiger partial charge is 0.462 e. The van der Waals surface area contributed by atoms with Crippen molar-refractivity contribution in [3.8, 4) is 0 Å². The number of unbranched alkanes of at least 4 members (excludes halogenated alkanes) is 36. The number of carbonyl (C=O) groups is 4. The molecular weight excluding hydrogens is 1100 g/mol. The highest BCUT2D eigenvalue weighted by Gasteiger charge is 2.30. The van der Waals surface area contributed by atoms with Gasteiger partial charge in [-0.1, -0.05) is 272 Å². The summed E-state index contributed by atoms with van der Waals surface area (Å²) in [5.74, 6) is -1.48. The zero-order chi connectivity index (χ0) is 61.3. The lowest BCUT2D eigenvalue weighted by Gasteiger charge is -2.21. The molecule has 0 saturated heterocycles. The molecule has 19 heteroatoms. The van der Waals surface area contributed by atoms with Gasteiger partial charge in [0.25, 0.3) is 0 Å². The van der Waals surface area contributed by atoms with E-state index < -0.39 is 97.5 Å². The van der Waals surface area contributed by atoms with Crippen molar-refractivity contribution in [3.05, 3.63) is 0 Å². The van der Waals surface area contributed by atoms with E-state index in [1.807, 2.05) is 0 Å². The molecule has 0 aromatic carbocycles. The first kappa shape index (κ1) is 81.1. The number of hydrogen-bond donors (Lipinski definition) is 3. The van der Waals surface area contributed by atoms with Crippen molar-refractivity contribution in [1.29, 1.82) is 0 Å². The van der Waals surface area contributed by atoms with Crippen LogP contribution in [-0.2, 0) is 65.4 Å². The van der Waals surface area contributed by atoms with Gasteiger partial charge < -0.3 is 33.8 Å². The maximum atomic E-state index is 13.0. The predicted octanol–water partition coefficient (Wildman–Crippen LogP) is 17.8. The summed E-state index contributed by atoms with van der Waals surface area (Å²) in [4.78, 5) is 71.9. The lowest BCUT2D eigenvalue weighted by Crippen LogP contribution is -2.30. The van der Waals surface area contributed by atoms with E-state index in [0.29, 0.717) is 31.6 Å². The van der Waals surface area contributed by atoms with Gasteiger partial charge in [0, 0.05) is 25.7 Å². The molecule has 0 aromatic rings. The third-order valence-corrected chi connectivity index (χ3v) is 16.7. The van der Waals surface area contributed by atoms with E-state index in [0.717, 1.165) is 96.3 Å². The minimum absolute atomic E-state index is 0.101. The van der Waals surface area contributed by atoms with Crippen LogP contribution in [0.4, 0.5) is 0 Å². The first-order valence-electron chi connectivity index (χ1n) is 33.6. The van der Waals surface area contributed by atoms with E-state index in [9.17, 15) is 43.2 Å². The molecule has 2 unspecified atom stereocenters. The Balaban J connectivity index is 5.13. The van der Waals surface area contributed by atoms with E-state index in [1.165, 1.54) is 141 Å². The van der Waals surface area contributed by atoms with Gasteiger partial charge in [0.15, 0.2) is 12.2 Å². The van der Waals surface area contributed by atoms with Gasteiger partial charge in [-0.25, -0.2) is 9.13 Å². The van der Waals surface area contributed by atoms with Crippen molar-refractivity contribution in [3.63, 3.8) is 0 Å². The van der Waals surface area contributed by atoms with Crippen molar-refractivity contribution >= 4 is 39.5 Å². The second kappa shape index (κ2) is 57.8. The largest absolute Gasteiger partial charge is 0.472 e. The quantitative estimate of drug-likeness (QED) is 0.0222. The molecule has 0 aromatic heterocycles.